The highest BCUT2D eigenvalue weighted by Crippen LogP contribution is 2.21. The van der Waals surface area contributed by atoms with E-state index in [2.05, 4.69) is 40.4 Å². The highest BCUT2D eigenvalue weighted by atomic mass is 16.5. The monoisotopic (exact) mass is 239 g/mol. The number of carbonyl (C=O) groups excluding carboxylic acids is 1. The Morgan fingerprint density at radius 2 is 2.18 bits per heavy atom. The first-order chi connectivity index (χ1) is 7.86. The summed E-state index contributed by atoms with van der Waals surface area (Å²) in [4.78, 5) is 15.3. The highest BCUT2D eigenvalue weighted by molar-refractivity contribution is 5.66. The first-order valence-electron chi connectivity index (χ1n) is 5.69. The van der Waals surface area contributed by atoms with Crippen LogP contribution in [-0.4, -0.2) is 29.3 Å². The third-order valence-electron chi connectivity index (χ3n) is 2.59. The second-order valence-electron chi connectivity index (χ2n) is 5.05. The zero-order valence-corrected chi connectivity index (χ0v) is 11.2. The van der Waals surface area contributed by atoms with Gasteiger partial charge in [-0.3, -0.25) is 0 Å². The van der Waals surface area contributed by atoms with Gasteiger partial charge in [-0.2, -0.15) is 0 Å². The molecule has 1 N–H and O–H groups in total. The fraction of sp³-hybridized carbons (Fsp3) is 0.667. The molecule has 96 valence electrons. The number of hydrogen-bond acceptors (Lipinski definition) is 3. The molecule has 0 radical (unpaired) electrons. The molecule has 0 aromatic carbocycles. The minimum absolute atomic E-state index is 0.0305. The maximum absolute atomic E-state index is 10.9. The second-order valence-corrected chi connectivity index (χ2v) is 5.05. The number of alkyl carbamates (subject to hydrolysis) is 1. The summed E-state index contributed by atoms with van der Waals surface area (Å²) in [5, 5.41) is 2.65. The summed E-state index contributed by atoms with van der Waals surface area (Å²) in [7, 11) is 3.36. The third-order valence-corrected chi connectivity index (χ3v) is 2.59. The normalized spacial score (nSPS) is 11.4. The largest absolute Gasteiger partial charge is 0.453 e. The standard InChI is InChI=1S/C12H21N3O2/c1-12(2,3)10-14-8-9(15(10)4)6-7-13-11(16)17-5/h8H,6-7H2,1-5H3,(H,13,16). The smallest absolute Gasteiger partial charge is 0.406 e. The van der Waals surface area contributed by atoms with Gasteiger partial charge in [0.1, 0.15) is 5.82 Å². The Morgan fingerprint density at radius 3 is 2.65 bits per heavy atom. The molecule has 0 atom stereocenters. The average Bonchev–Trinajstić information content (AvgIpc) is 2.59. The Hall–Kier alpha value is -1.52. The number of amides is 1. The van der Waals surface area contributed by atoms with Crippen LogP contribution in [0, 0.1) is 0 Å². The van der Waals surface area contributed by atoms with E-state index in [0.29, 0.717) is 6.54 Å². The van der Waals surface area contributed by atoms with Crippen molar-refractivity contribution in [2.45, 2.75) is 32.6 Å². The van der Waals surface area contributed by atoms with E-state index in [1.165, 1.54) is 7.11 Å². The third kappa shape index (κ3) is 3.47. The predicted octanol–water partition coefficient (Wildman–Crippen LogP) is 1.62. The molecule has 17 heavy (non-hydrogen) atoms. The van der Waals surface area contributed by atoms with E-state index in [4.69, 9.17) is 0 Å². The molecule has 1 aromatic rings. The van der Waals surface area contributed by atoms with Crippen molar-refractivity contribution >= 4 is 6.09 Å². The van der Waals surface area contributed by atoms with E-state index in [1.54, 1.807) is 0 Å². The van der Waals surface area contributed by atoms with Gasteiger partial charge in [0.25, 0.3) is 0 Å². The Kier molecular flexibility index (Phi) is 4.15. The minimum atomic E-state index is -0.400. The first kappa shape index (κ1) is 13.5. The Labute approximate surface area is 102 Å². The molecule has 1 amide bonds. The van der Waals surface area contributed by atoms with Crippen molar-refractivity contribution in [3.05, 3.63) is 17.7 Å². The lowest BCUT2D eigenvalue weighted by molar-refractivity contribution is 0.171. The number of nitrogens with one attached hydrogen (secondary N) is 1. The topological polar surface area (TPSA) is 56.1 Å². The molecule has 0 aliphatic rings. The quantitative estimate of drug-likeness (QED) is 0.872. The highest BCUT2D eigenvalue weighted by Gasteiger charge is 2.20. The van der Waals surface area contributed by atoms with E-state index in [9.17, 15) is 4.79 Å². The lowest BCUT2D eigenvalue weighted by Crippen LogP contribution is -2.26. The van der Waals surface area contributed by atoms with Gasteiger partial charge in [0.15, 0.2) is 0 Å². The van der Waals surface area contributed by atoms with Crippen molar-refractivity contribution in [3.63, 3.8) is 0 Å². The molecule has 1 heterocycles. The summed E-state index contributed by atoms with van der Waals surface area (Å²) < 4.78 is 6.59. The number of carbonyl (C=O) groups is 1. The van der Waals surface area contributed by atoms with Crippen molar-refractivity contribution in [1.82, 2.24) is 14.9 Å². The molecular formula is C12H21N3O2. The second kappa shape index (κ2) is 5.21. The fourth-order valence-electron chi connectivity index (χ4n) is 1.74. The summed E-state index contributed by atoms with van der Waals surface area (Å²) in [5.74, 6) is 1.05. The molecule has 0 bridgehead atoms. The number of hydrogen-bond donors (Lipinski definition) is 1. The summed E-state index contributed by atoms with van der Waals surface area (Å²) in [5.41, 5.74) is 1.13. The van der Waals surface area contributed by atoms with Crippen molar-refractivity contribution in [2.24, 2.45) is 7.05 Å². The number of aromatic nitrogens is 2. The van der Waals surface area contributed by atoms with Crippen LogP contribution >= 0.6 is 0 Å². The van der Waals surface area contributed by atoms with Crippen molar-refractivity contribution in [2.75, 3.05) is 13.7 Å². The van der Waals surface area contributed by atoms with Gasteiger partial charge in [-0.15, -0.1) is 0 Å². The average molecular weight is 239 g/mol. The van der Waals surface area contributed by atoms with Gasteiger partial charge in [0.05, 0.1) is 7.11 Å². The fourth-order valence-corrected chi connectivity index (χ4v) is 1.74. The van der Waals surface area contributed by atoms with Crippen molar-refractivity contribution in [3.8, 4) is 0 Å². The Morgan fingerprint density at radius 1 is 1.53 bits per heavy atom. The molecule has 5 nitrogen and oxygen atoms in total. The molecule has 0 fully saturated rings. The van der Waals surface area contributed by atoms with Gasteiger partial charge in [-0.1, -0.05) is 20.8 Å². The van der Waals surface area contributed by atoms with Gasteiger partial charge in [-0.05, 0) is 0 Å². The predicted molar refractivity (Wildman–Crippen MR) is 66.0 cm³/mol. The molecule has 0 aliphatic heterocycles. The summed E-state index contributed by atoms with van der Waals surface area (Å²) in [6, 6.07) is 0. The van der Waals surface area contributed by atoms with Crippen molar-refractivity contribution in [1.29, 1.82) is 0 Å². The lowest BCUT2D eigenvalue weighted by atomic mass is 9.96. The minimum Gasteiger partial charge on any atom is -0.453 e. The van der Waals surface area contributed by atoms with Crippen LogP contribution in [0.2, 0.25) is 0 Å². The number of ether oxygens (including phenoxy) is 1. The van der Waals surface area contributed by atoms with Gasteiger partial charge in [0.2, 0.25) is 0 Å². The van der Waals surface area contributed by atoms with Gasteiger partial charge >= 0.3 is 6.09 Å². The maximum Gasteiger partial charge on any atom is 0.406 e. The summed E-state index contributed by atoms with van der Waals surface area (Å²) in [6.45, 7) is 6.94. The number of nitrogens with zero attached hydrogens (tertiary/aromatic N) is 2. The van der Waals surface area contributed by atoms with E-state index in [0.717, 1.165) is 17.9 Å². The van der Waals surface area contributed by atoms with Crippen LogP contribution in [0.1, 0.15) is 32.3 Å². The molecule has 0 saturated carbocycles. The molecule has 0 unspecified atom stereocenters. The van der Waals surface area contributed by atoms with Gasteiger partial charge < -0.3 is 14.6 Å². The van der Waals surface area contributed by atoms with E-state index < -0.39 is 6.09 Å². The molecule has 0 saturated heterocycles. The van der Waals surface area contributed by atoms with E-state index in [-0.39, 0.29) is 5.41 Å². The van der Waals surface area contributed by atoms with Gasteiger partial charge in [-0.25, -0.2) is 9.78 Å². The SMILES string of the molecule is COC(=O)NCCc1cnc(C(C)(C)C)n1C. The van der Waals surface area contributed by atoms with Crippen LogP contribution in [0.25, 0.3) is 0 Å². The summed E-state index contributed by atoms with van der Waals surface area (Å²) >= 11 is 0. The number of methoxy groups -OCH3 is 1. The maximum atomic E-state index is 10.9. The summed E-state index contributed by atoms with van der Waals surface area (Å²) in [6.07, 6.45) is 2.21. The molecule has 0 aliphatic carbocycles. The van der Waals surface area contributed by atoms with Crippen LogP contribution in [0.15, 0.2) is 6.20 Å². The van der Waals surface area contributed by atoms with E-state index in [1.807, 2.05) is 13.2 Å². The van der Waals surface area contributed by atoms with Crippen LogP contribution in [0.5, 0.6) is 0 Å². The van der Waals surface area contributed by atoms with E-state index >= 15 is 0 Å². The van der Waals surface area contributed by atoms with Crippen LogP contribution < -0.4 is 5.32 Å². The van der Waals surface area contributed by atoms with Gasteiger partial charge in [0, 0.05) is 37.3 Å². The van der Waals surface area contributed by atoms with Crippen LogP contribution in [-0.2, 0) is 23.6 Å². The molecule has 1 rings (SSSR count). The van der Waals surface area contributed by atoms with Crippen LogP contribution in [0.4, 0.5) is 4.79 Å². The molecule has 1 aromatic heterocycles. The Balaban J connectivity index is 2.62. The molecule has 0 spiro atoms. The van der Waals surface area contributed by atoms with Crippen molar-refractivity contribution < 1.29 is 9.53 Å². The zero-order chi connectivity index (χ0) is 13.1. The number of rotatable bonds is 3. The first-order valence-corrected chi connectivity index (χ1v) is 5.69. The van der Waals surface area contributed by atoms with Crippen LogP contribution in [0.3, 0.4) is 0 Å². The molecular weight excluding hydrogens is 218 g/mol. The molecule has 5 heteroatoms. The number of imidazole rings is 1. The zero-order valence-electron chi connectivity index (χ0n) is 11.2. The Bertz CT molecular complexity index is 391. The lowest BCUT2D eigenvalue weighted by Gasteiger charge is -2.18.